The van der Waals surface area contributed by atoms with Crippen LogP contribution in [0, 0.1) is 11.8 Å². The Kier molecular flexibility index (Phi) is 16.9. The van der Waals surface area contributed by atoms with Gasteiger partial charge >= 0.3 is 12.2 Å². The topological polar surface area (TPSA) is 216 Å². The first-order chi connectivity index (χ1) is 28.1. The summed E-state index contributed by atoms with van der Waals surface area (Å²) >= 11 is 0. The van der Waals surface area contributed by atoms with Crippen molar-refractivity contribution >= 4 is 35.6 Å². The normalized spacial score (nSPS) is 27.7. The number of carbonyl (C=O) groups excluding carboxylic acids is 6. The van der Waals surface area contributed by atoms with Crippen LogP contribution in [0.4, 0.5) is 9.59 Å². The van der Waals surface area contributed by atoms with Crippen LogP contribution in [0.15, 0.2) is 82.8 Å². The van der Waals surface area contributed by atoms with Crippen LogP contribution in [0.5, 0.6) is 0 Å². The van der Waals surface area contributed by atoms with Crippen molar-refractivity contribution < 1.29 is 52.8 Å². The first-order valence-electron chi connectivity index (χ1n) is 19.7. The van der Waals surface area contributed by atoms with E-state index in [0.717, 1.165) is 11.6 Å². The monoisotopic (exact) mass is 819 g/mol. The number of nitrogens with two attached hydrogens (primary N) is 1. The van der Waals surface area contributed by atoms with Crippen LogP contribution in [-0.2, 0) is 39.9 Å². The van der Waals surface area contributed by atoms with Crippen LogP contribution in [0.3, 0.4) is 0 Å². The minimum Gasteiger partial charge on any atom is -0.450 e. The maximum atomic E-state index is 14.1. The molecule has 5 N–H and O–H groups in total. The molecule has 2 aliphatic heterocycles. The molecule has 0 radical (unpaired) electrons. The fourth-order valence-corrected chi connectivity index (χ4v) is 7.23. The van der Waals surface area contributed by atoms with Gasteiger partial charge < -0.3 is 45.3 Å². The summed E-state index contributed by atoms with van der Waals surface area (Å²) < 4.78 is 21.8. The number of aliphatic hydroxyl groups is 1. The zero-order chi connectivity index (χ0) is 43.4. The number of ether oxygens (including phenoxy) is 4. The zero-order valence-corrected chi connectivity index (χ0v) is 34.8. The SMILES string of the molecule is CCOC(=O)N1CCN(Cc2ccc(C(=O)NC3=C4C[C@@H](C)C[C@@H](OC)[C@@H](O)[C@@H](C)/C=C(/C)[C@@H](OC(N)=O)[C@H](OC)/C=C\C=C(\C)C(=O)NC(=CC3=O)C4=O)cc2)CC1. The van der Waals surface area contributed by atoms with Crippen LogP contribution in [0.2, 0.25) is 0 Å². The Hall–Kier alpha value is -5.42. The van der Waals surface area contributed by atoms with E-state index in [4.69, 9.17) is 24.7 Å². The number of hydrogen-bond donors (Lipinski definition) is 4. The molecule has 1 aromatic rings. The molecular weight excluding hydrogens is 762 g/mol. The second-order valence-electron chi connectivity index (χ2n) is 15.0. The van der Waals surface area contributed by atoms with Crippen molar-refractivity contribution in [1.82, 2.24) is 20.4 Å². The van der Waals surface area contributed by atoms with Crippen molar-refractivity contribution in [3.63, 3.8) is 0 Å². The van der Waals surface area contributed by atoms with Crippen LogP contribution in [-0.4, -0.2) is 122 Å². The summed E-state index contributed by atoms with van der Waals surface area (Å²) in [6, 6.07) is 6.90. The fourth-order valence-electron chi connectivity index (χ4n) is 7.23. The molecule has 320 valence electrons. The molecule has 4 amide bonds. The highest BCUT2D eigenvalue weighted by Crippen LogP contribution is 2.29. The number of nitrogens with zero attached hydrogens (tertiary/aromatic N) is 2. The lowest BCUT2D eigenvalue weighted by molar-refractivity contribution is -0.120. The molecule has 1 aromatic carbocycles. The number of allylic oxidation sites excluding steroid dienone is 4. The number of Topliss-reactive ketones (excluding diaryl/α,β-unsaturated/α-hetero) is 1. The van der Waals surface area contributed by atoms with Gasteiger partial charge in [0, 0.05) is 75.6 Å². The Bertz CT molecular complexity index is 1890. The standard InChI is InChI=1S/C43H57N5O11/c1-8-58-43(55)48-18-16-47(17-19-48)24-29-12-14-30(15-13-29)41(53)46-36-31-20-25(2)21-35(57-7)37(50)27(4)22-28(5)39(59-42(44)54)34(56-6)11-9-10-26(3)40(52)45-32(38(31)51)23-33(36)49/h9-15,22-23,25,27,34-35,37,39,50H,8,16-21,24H2,1-7H3,(H2,44,54)(H,45,52)(H,46,53)/b11-9-,26-10-,28-22-/t25-,27+,34-,35-,37+,39-/m1/s1. The van der Waals surface area contributed by atoms with E-state index >= 15 is 0 Å². The lowest BCUT2D eigenvalue weighted by atomic mass is 9.85. The molecule has 2 bridgehead atoms. The van der Waals surface area contributed by atoms with Gasteiger partial charge in [0.1, 0.15) is 6.10 Å². The molecule has 0 aromatic heterocycles. The van der Waals surface area contributed by atoms with Crippen LogP contribution >= 0.6 is 0 Å². The van der Waals surface area contributed by atoms with E-state index < -0.39 is 59.8 Å². The van der Waals surface area contributed by atoms with Gasteiger partial charge in [-0.3, -0.25) is 24.1 Å². The summed E-state index contributed by atoms with van der Waals surface area (Å²) in [6.07, 6.45) is 2.54. The number of amides is 4. The second-order valence-corrected chi connectivity index (χ2v) is 15.0. The van der Waals surface area contributed by atoms with Crippen molar-refractivity contribution in [2.75, 3.05) is 47.0 Å². The van der Waals surface area contributed by atoms with Crippen molar-refractivity contribution in [2.24, 2.45) is 17.6 Å². The van der Waals surface area contributed by atoms with Gasteiger partial charge in [-0.05, 0) is 62.8 Å². The van der Waals surface area contributed by atoms with Gasteiger partial charge in [-0.2, -0.15) is 0 Å². The average molecular weight is 820 g/mol. The number of carbonyl (C=O) groups is 6. The second kappa shape index (κ2) is 21.5. The molecular formula is C43H57N5O11. The number of aliphatic hydroxyl groups excluding tert-OH is 1. The largest absolute Gasteiger partial charge is 0.450 e. The van der Waals surface area contributed by atoms with Gasteiger partial charge in [0.25, 0.3) is 11.8 Å². The minimum absolute atomic E-state index is 0.00538. The van der Waals surface area contributed by atoms with Gasteiger partial charge in [-0.1, -0.05) is 50.3 Å². The third-order valence-electron chi connectivity index (χ3n) is 10.6. The van der Waals surface area contributed by atoms with Crippen LogP contribution in [0.25, 0.3) is 0 Å². The Balaban J connectivity index is 1.61. The predicted octanol–water partition coefficient (Wildman–Crippen LogP) is 3.47. The summed E-state index contributed by atoms with van der Waals surface area (Å²) in [7, 11) is 2.87. The third-order valence-corrected chi connectivity index (χ3v) is 10.6. The van der Waals surface area contributed by atoms with E-state index in [1.54, 1.807) is 50.0 Å². The molecule has 1 fully saturated rings. The first-order valence-corrected chi connectivity index (χ1v) is 19.7. The quantitative estimate of drug-likeness (QED) is 0.219. The van der Waals surface area contributed by atoms with Crippen LogP contribution in [0.1, 0.15) is 63.4 Å². The Morgan fingerprint density at radius 3 is 2.29 bits per heavy atom. The maximum Gasteiger partial charge on any atom is 0.409 e. The molecule has 2 heterocycles. The van der Waals surface area contributed by atoms with E-state index in [9.17, 15) is 33.9 Å². The van der Waals surface area contributed by atoms with E-state index in [1.165, 1.54) is 33.3 Å². The molecule has 0 unspecified atom stereocenters. The number of piperazine rings is 1. The smallest absolute Gasteiger partial charge is 0.409 e. The van der Waals surface area contributed by atoms with E-state index in [1.807, 2.05) is 19.1 Å². The van der Waals surface area contributed by atoms with Gasteiger partial charge in [-0.15, -0.1) is 0 Å². The maximum absolute atomic E-state index is 14.1. The highest BCUT2D eigenvalue weighted by Gasteiger charge is 2.34. The Morgan fingerprint density at radius 2 is 1.68 bits per heavy atom. The summed E-state index contributed by atoms with van der Waals surface area (Å²) in [5.74, 6) is -3.49. The third kappa shape index (κ3) is 12.5. The summed E-state index contributed by atoms with van der Waals surface area (Å²) in [5, 5.41) is 16.7. The van der Waals surface area contributed by atoms with E-state index in [-0.39, 0.29) is 53.0 Å². The molecule has 3 aliphatic rings. The van der Waals surface area contributed by atoms with Gasteiger partial charge in [0.2, 0.25) is 11.6 Å². The predicted molar refractivity (Wildman–Crippen MR) is 217 cm³/mol. The molecule has 16 nitrogen and oxygen atoms in total. The molecule has 6 atom stereocenters. The number of nitrogens with one attached hydrogen (secondary N) is 2. The number of hydrogen-bond acceptors (Lipinski definition) is 12. The van der Waals surface area contributed by atoms with Crippen molar-refractivity contribution in [2.45, 2.75) is 78.4 Å². The van der Waals surface area contributed by atoms with Gasteiger partial charge in [-0.25, -0.2) is 9.59 Å². The lowest BCUT2D eigenvalue weighted by Crippen LogP contribution is -2.48. The molecule has 1 aliphatic carbocycles. The van der Waals surface area contributed by atoms with Crippen molar-refractivity contribution in [3.05, 3.63) is 93.9 Å². The Morgan fingerprint density at radius 1 is 1.00 bits per heavy atom. The number of benzene rings is 1. The highest BCUT2D eigenvalue weighted by molar-refractivity contribution is 6.24. The van der Waals surface area contributed by atoms with E-state index in [0.29, 0.717) is 44.9 Å². The number of primary amides is 1. The first kappa shape index (κ1) is 46.3. The van der Waals surface area contributed by atoms with Gasteiger partial charge in [0.05, 0.1) is 30.2 Å². The molecule has 1 saturated heterocycles. The van der Waals surface area contributed by atoms with E-state index in [2.05, 4.69) is 15.5 Å². The number of ketones is 2. The molecule has 16 heteroatoms. The highest BCUT2D eigenvalue weighted by atomic mass is 16.6. The minimum atomic E-state index is -1.06. The number of rotatable bonds is 8. The summed E-state index contributed by atoms with van der Waals surface area (Å²) in [5.41, 5.74) is 6.84. The van der Waals surface area contributed by atoms with Gasteiger partial charge in [0.15, 0.2) is 6.10 Å². The summed E-state index contributed by atoms with van der Waals surface area (Å²) in [6.45, 7) is 11.9. The molecule has 0 saturated carbocycles. The lowest BCUT2D eigenvalue weighted by Gasteiger charge is -2.34. The molecule has 59 heavy (non-hydrogen) atoms. The summed E-state index contributed by atoms with van der Waals surface area (Å²) in [4.78, 5) is 82.6. The van der Waals surface area contributed by atoms with Crippen LogP contribution < -0.4 is 16.4 Å². The number of fused-ring (bicyclic) bond motifs is 2. The van der Waals surface area contributed by atoms with Crippen molar-refractivity contribution in [3.8, 4) is 0 Å². The Labute approximate surface area is 345 Å². The average Bonchev–Trinajstić information content (AvgIpc) is 3.20. The molecule has 0 spiro atoms. The van der Waals surface area contributed by atoms with Crippen molar-refractivity contribution in [1.29, 1.82) is 0 Å². The molecule has 4 rings (SSSR count). The zero-order valence-electron chi connectivity index (χ0n) is 34.8. The fraction of sp³-hybridized carbons (Fsp3) is 0.488. The number of methoxy groups -OCH3 is 2.